The van der Waals surface area contributed by atoms with Crippen LogP contribution in [-0.4, -0.2) is 29.3 Å². The van der Waals surface area contributed by atoms with Crippen molar-refractivity contribution in [3.63, 3.8) is 0 Å². The van der Waals surface area contributed by atoms with Crippen LogP contribution in [0.25, 0.3) is 0 Å². The average Bonchev–Trinajstić information content (AvgIpc) is 2.88. The zero-order chi connectivity index (χ0) is 17.6. The molecule has 0 saturated carbocycles. The lowest BCUT2D eigenvalue weighted by Gasteiger charge is -2.37. The molecule has 128 valence electrons. The summed E-state index contributed by atoms with van der Waals surface area (Å²) in [7, 11) is 1.79. The quantitative estimate of drug-likeness (QED) is 0.693. The maximum absolute atomic E-state index is 13.2. The fourth-order valence-corrected chi connectivity index (χ4v) is 4.46. The van der Waals surface area contributed by atoms with Gasteiger partial charge in [-0.15, -0.1) is 0 Å². The third-order valence-electron chi connectivity index (χ3n) is 4.72. The highest BCUT2D eigenvalue weighted by molar-refractivity contribution is 9.10. The van der Waals surface area contributed by atoms with Gasteiger partial charge in [0.15, 0.2) is 10.7 Å². The SMILES string of the molecule is CSC1=NC2(CC(c3ccccc3)Oc3ccc(Br)cc32)C(=O)N1C. The van der Waals surface area contributed by atoms with Crippen molar-refractivity contribution in [2.24, 2.45) is 4.99 Å². The Bertz CT molecular complexity index is 871. The molecule has 25 heavy (non-hydrogen) atoms. The van der Waals surface area contributed by atoms with Crippen molar-refractivity contribution in [2.45, 2.75) is 18.1 Å². The van der Waals surface area contributed by atoms with Crippen molar-refractivity contribution in [1.29, 1.82) is 0 Å². The van der Waals surface area contributed by atoms with Crippen LogP contribution in [0.15, 0.2) is 58.0 Å². The van der Waals surface area contributed by atoms with E-state index in [1.165, 1.54) is 11.8 Å². The number of hydrogen-bond donors (Lipinski definition) is 0. The van der Waals surface area contributed by atoms with E-state index in [1.54, 1.807) is 11.9 Å². The van der Waals surface area contributed by atoms with Gasteiger partial charge in [0.2, 0.25) is 0 Å². The molecule has 6 heteroatoms. The first kappa shape index (κ1) is 16.7. The minimum atomic E-state index is -0.926. The Morgan fingerprint density at radius 1 is 1.28 bits per heavy atom. The Hall–Kier alpha value is -1.79. The molecule has 2 aliphatic rings. The van der Waals surface area contributed by atoms with E-state index in [4.69, 9.17) is 9.73 Å². The second kappa shape index (κ2) is 6.18. The predicted octanol–water partition coefficient (Wildman–Crippen LogP) is 4.36. The van der Waals surface area contributed by atoms with Gasteiger partial charge in [0.25, 0.3) is 5.91 Å². The Kier molecular flexibility index (Phi) is 4.12. The maximum Gasteiger partial charge on any atom is 0.261 e. The highest BCUT2D eigenvalue weighted by Gasteiger charge is 2.53. The average molecular weight is 417 g/mol. The summed E-state index contributed by atoms with van der Waals surface area (Å²) < 4.78 is 7.16. The lowest BCUT2D eigenvalue weighted by Crippen LogP contribution is -2.42. The Balaban J connectivity index is 1.89. The molecule has 2 unspecified atom stereocenters. The second-order valence-electron chi connectivity index (χ2n) is 6.18. The number of likely N-dealkylation sites (N-methyl/N-ethyl adjacent to an activating group) is 1. The van der Waals surface area contributed by atoms with Crippen LogP contribution in [0.5, 0.6) is 5.75 Å². The van der Waals surface area contributed by atoms with Crippen molar-refractivity contribution in [3.8, 4) is 5.75 Å². The summed E-state index contributed by atoms with van der Waals surface area (Å²) in [5.74, 6) is 0.719. The summed E-state index contributed by atoms with van der Waals surface area (Å²) in [5, 5.41) is 0.740. The standard InChI is InChI=1S/C19H17BrN2O2S/c1-22-17(23)19(21-18(22)25-2)11-16(12-6-4-3-5-7-12)24-15-9-8-13(20)10-14(15)19/h3-10,16H,11H2,1-2H3. The summed E-state index contributed by atoms with van der Waals surface area (Å²) in [4.78, 5) is 19.8. The first-order chi connectivity index (χ1) is 12.0. The predicted molar refractivity (Wildman–Crippen MR) is 104 cm³/mol. The minimum absolute atomic E-state index is 0.000399. The highest BCUT2D eigenvalue weighted by Crippen LogP contribution is 2.51. The number of carbonyl (C=O) groups is 1. The number of carbonyl (C=O) groups excluding carboxylic acids is 1. The lowest BCUT2D eigenvalue weighted by atomic mass is 9.80. The van der Waals surface area contributed by atoms with E-state index >= 15 is 0 Å². The molecule has 2 aliphatic heterocycles. The number of rotatable bonds is 1. The molecule has 2 heterocycles. The topological polar surface area (TPSA) is 41.9 Å². The van der Waals surface area contributed by atoms with Crippen LogP contribution in [0.3, 0.4) is 0 Å². The van der Waals surface area contributed by atoms with Crippen molar-refractivity contribution in [1.82, 2.24) is 4.90 Å². The van der Waals surface area contributed by atoms with Crippen LogP contribution in [0.2, 0.25) is 0 Å². The van der Waals surface area contributed by atoms with E-state index in [0.29, 0.717) is 6.42 Å². The lowest BCUT2D eigenvalue weighted by molar-refractivity contribution is -0.132. The third kappa shape index (κ3) is 2.59. The normalized spacial score (nSPS) is 24.9. The molecule has 0 bridgehead atoms. The van der Waals surface area contributed by atoms with E-state index in [9.17, 15) is 4.79 Å². The molecule has 2 aromatic rings. The number of halogens is 1. The number of amidine groups is 1. The Morgan fingerprint density at radius 2 is 2.04 bits per heavy atom. The highest BCUT2D eigenvalue weighted by atomic mass is 79.9. The molecule has 4 nitrogen and oxygen atoms in total. The number of aliphatic imine (C=N–C) groups is 1. The van der Waals surface area contributed by atoms with Gasteiger partial charge in [-0.05, 0) is 30.0 Å². The summed E-state index contributed by atoms with van der Waals surface area (Å²) in [6, 6.07) is 15.8. The van der Waals surface area contributed by atoms with Gasteiger partial charge in [-0.3, -0.25) is 9.69 Å². The monoisotopic (exact) mass is 416 g/mol. The van der Waals surface area contributed by atoms with Crippen molar-refractivity contribution >= 4 is 38.8 Å². The van der Waals surface area contributed by atoms with Crippen LogP contribution in [0.1, 0.15) is 23.7 Å². The first-order valence-corrected chi connectivity index (χ1v) is 10.0. The van der Waals surface area contributed by atoms with E-state index in [1.807, 2.05) is 54.8 Å². The maximum atomic E-state index is 13.2. The van der Waals surface area contributed by atoms with E-state index in [0.717, 1.165) is 26.5 Å². The van der Waals surface area contributed by atoms with Crippen LogP contribution >= 0.6 is 27.7 Å². The van der Waals surface area contributed by atoms with E-state index in [-0.39, 0.29) is 12.0 Å². The van der Waals surface area contributed by atoms with Crippen molar-refractivity contribution in [2.75, 3.05) is 13.3 Å². The molecule has 1 amide bonds. The van der Waals surface area contributed by atoms with E-state index in [2.05, 4.69) is 15.9 Å². The summed E-state index contributed by atoms with van der Waals surface area (Å²) in [6.45, 7) is 0. The van der Waals surface area contributed by atoms with Crippen LogP contribution in [-0.2, 0) is 10.3 Å². The number of hydrogen-bond acceptors (Lipinski definition) is 4. The zero-order valence-electron chi connectivity index (χ0n) is 13.9. The number of fused-ring (bicyclic) bond motifs is 2. The fourth-order valence-electron chi connectivity index (χ4n) is 3.50. The minimum Gasteiger partial charge on any atom is -0.485 e. The number of ether oxygens (including phenoxy) is 1. The van der Waals surface area contributed by atoms with Gasteiger partial charge in [-0.25, -0.2) is 4.99 Å². The molecule has 0 aliphatic carbocycles. The number of benzene rings is 2. The van der Waals surface area contributed by atoms with Gasteiger partial charge in [-0.1, -0.05) is 58.0 Å². The molecular weight excluding hydrogens is 400 g/mol. The van der Waals surface area contributed by atoms with Crippen LogP contribution in [0.4, 0.5) is 0 Å². The largest absolute Gasteiger partial charge is 0.485 e. The van der Waals surface area contributed by atoms with Crippen molar-refractivity contribution < 1.29 is 9.53 Å². The third-order valence-corrected chi connectivity index (χ3v) is 5.95. The Morgan fingerprint density at radius 3 is 2.72 bits per heavy atom. The summed E-state index contributed by atoms with van der Waals surface area (Å²) in [5.41, 5.74) is 0.957. The molecule has 4 rings (SSSR count). The number of nitrogens with zero attached hydrogens (tertiary/aromatic N) is 2. The van der Waals surface area contributed by atoms with Gasteiger partial charge in [0.1, 0.15) is 11.9 Å². The molecule has 0 N–H and O–H groups in total. The second-order valence-corrected chi connectivity index (χ2v) is 7.87. The van der Waals surface area contributed by atoms with Crippen LogP contribution in [0, 0.1) is 0 Å². The molecule has 0 fully saturated rings. The summed E-state index contributed by atoms with van der Waals surface area (Å²) >= 11 is 5.00. The smallest absolute Gasteiger partial charge is 0.261 e. The number of amides is 1. The molecule has 0 aromatic heterocycles. The molecule has 0 radical (unpaired) electrons. The fraction of sp³-hybridized carbons (Fsp3) is 0.263. The van der Waals surface area contributed by atoms with Gasteiger partial charge in [0.05, 0.1) is 0 Å². The van der Waals surface area contributed by atoms with Gasteiger partial charge in [0, 0.05) is 23.5 Å². The van der Waals surface area contributed by atoms with Crippen LogP contribution < -0.4 is 4.74 Å². The van der Waals surface area contributed by atoms with Crippen molar-refractivity contribution in [3.05, 3.63) is 64.1 Å². The van der Waals surface area contributed by atoms with Gasteiger partial charge in [-0.2, -0.15) is 0 Å². The Labute approximate surface area is 159 Å². The molecule has 1 spiro atoms. The van der Waals surface area contributed by atoms with Gasteiger partial charge < -0.3 is 4.74 Å². The first-order valence-electron chi connectivity index (χ1n) is 7.99. The molecule has 0 saturated heterocycles. The van der Waals surface area contributed by atoms with Gasteiger partial charge >= 0.3 is 0 Å². The molecule has 2 aromatic carbocycles. The molecule has 2 atom stereocenters. The summed E-state index contributed by atoms with van der Waals surface area (Å²) in [6.07, 6.45) is 2.22. The zero-order valence-corrected chi connectivity index (χ0v) is 16.3. The number of thioether (sulfide) groups is 1. The van der Waals surface area contributed by atoms with E-state index < -0.39 is 5.54 Å². The molecular formula is C19H17BrN2O2S.